The number of amides is 1. The summed E-state index contributed by atoms with van der Waals surface area (Å²) >= 11 is 1.18. The number of allylic oxidation sites excluding steroid dienone is 1. The van der Waals surface area contributed by atoms with Crippen LogP contribution >= 0.6 is 11.3 Å². The Morgan fingerprint density at radius 3 is 2.51 bits per heavy atom. The number of rotatable bonds is 11. The van der Waals surface area contributed by atoms with E-state index in [-0.39, 0.29) is 29.1 Å². The van der Waals surface area contributed by atoms with E-state index in [0.717, 1.165) is 24.3 Å². The fraction of sp³-hybridized carbons (Fsp3) is 0.235. The maximum Gasteiger partial charge on any atom is 0.338 e. The van der Waals surface area contributed by atoms with Crippen LogP contribution in [0.1, 0.15) is 37.9 Å². The lowest BCUT2D eigenvalue weighted by Gasteiger charge is -2.24. The van der Waals surface area contributed by atoms with Gasteiger partial charge in [0, 0.05) is 48.2 Å². The fourth-order valence-electron chi connectivity index (χ4n) is 5.37. The number of thiazole rings is 1. The molecular weight excluding hydrogens is 622 g/mol. The van der Waals surface area contributed by atoms with Gasteiger partial charge in [-0.25, -0.2) is 9.79 Å². The SMILES string of the molecule is CCN(CC)c1ccc(C=c2sc3n(c2=O)C(c2ccccc2)C(C(=O)OC)=C(C)N=3)c(OCC(=O)Nc2cccc([N+](=O)[O-])c2)c1. The number of anilines is 2. The summed E-state index contributed by atoms with van der Waals surface area (Å²) in [5.74, 6) is -0.723. The third-order valence-corrected chi connectivity index (χ3v) is 8.64. The minimum atomic E-state index is -0.736. The van der Waals surface area contributed by atoms with Gasteiger partial charge in [-0.15, -0.1) is 0 Å². The second-order valence-electron chi connectivity index (χ2n) is 10.5. The number of ether oxygens (including phenoxy) is 2. The molecule has 0 aliphatic carbocycles. The van der Waals surface area contributed by atoms with E-state index in [2.05, 4.69) is 15.2 Å². The van der Waals surface area contributed by atoms with E-state index < -0.39 is 22.8 Å². The number of hydrogen-bond acceptors (Lipinski definition) is 10. The van der Waals surface area contributed by atoms with Crippen molar-refractivity contribution in [3.63, 3.8) is 0 Å². The van der Waals surface area contributed by atoms with Gasteiger partial charge in [-0.3, -0.25) is 24.3 Å². The van der Waals surface area contributed by atoms with Gasteiger partial charge in [0.1, 0.15) is 5.75 Å². The molecule has 1 aliphatic rings. The van der Waals surface area contributed by atoms with Crippen molar-refractivity contribution in [2.45, 2.75) is 26.8 Å². The number of nitro groups is 1. The molecule has 1 atom stereocenters. The predicted octanol–water partition coefficient (Wildman–Crippen LogP) is 4.18. The van der Waals surface area contributed by atoms with Crippen LogP contribution in [0.4, 0.5) is 17.1 Å². The summed E-state index contributed by atoms with van der Waals surface area (Å²) < 4.78 is 12.9. The van der Waals surface area contributed by atoms with E-state index in [1.54, 1.807) is 19.1 Å². The Kier molecular flexibility index (Phi) is 9.95. The van der Waals surface area contributed by atoms with Crippen LogP contribution in [0.25, 0.3) is 6.08 Å². The molecule has 1 aliphatic heterocycles. The number of carbonyl (C=O) groups is 2. The van der Waals surface area contributed by atoms with Crippen LogP contribution in [0.2, 0.25) is 0 Å². The van der Waals surface area contributed by atoms with Crippen molar-refractivity contribution in [3.8, 4) is 5.75 Å². The average molecular weight is 656 g/mol. The van der Waals surface area contributed by atoms with Gasteiger partial charge in [-0.05, 0) is 50.6 Å². The molecule has 1 amide bonds. The lowest BCUT2D eigenvalue weighted by atomic mass is 9.96. The fourth-order valence-corrected chi connectivity index (χ4v) is 6.41. The summed E-state index contributed by atoms with van der Waals surface area (Å²) in [6, 6.07) is 19.7. The highest BCUT2D eigenvalue weighted by atomic mass is 32.1. The van der Waals surface area contributed by atoms with Crippen molar-refractivity contribution in [3.05, 3.63) is 125 Å². The van der Waals surface area contributed by atoms with Gasteiger partial charge in [0.05, 0.1) is 33.9 Å². The first-order chi connectivity index (χ1) is 22.6. The van der Waals surface area contributed by atoms with Gasteiger partial charge in [-0.2, -0.15) is 0 Å². The Morgan fingerprint density at radius 1 is 1.09 bits per heavy atom. The molecule has 1 unspecified atom stereocenters. The number of nitro benzene ring substituents is 1. The van der Waals surface area contributed by atoms with Crippen molar-refractivity contribution in [2.75, 3.05) is 37.0 Å². The monoisotopic (exact) mass is 655 g/mol. The van der Waals surface area contributed by atoms with Crippen LogP contribution in [0.15, 0.2) is 93.9 Å². The molecule has 0 spiro atoms. The summed E-state index contributed by atoms with van der Waals surface area (Å²) in [5.41, 5.74) is 2.65. The molecule has 1 aromatic heterocycles. The second-order valence-corrected chi connectivity index (χ2v) is 11.5. The lowest BCUT2D eigenvalue weighted by Crippen LogP contribution is -2.39. The van der Waals surface area contributed by atoms with Crippen molar-refractivity contribution in [2.24, 2.45) is 4.99 Å². The van der Waals surface area contributed by atoms with E-state index in [1.165, 1.54) is 41.2 Å². The topological polar surface area (TPSA) is 145 Å². The van der Waals surface area contributed by atoms with Gasteiger partial charge >= 0.3 is 5.97 Å². The molecule has 0 bridgehead atoms. The third kappa shape index (κ3) is 6.99. The van der Waals surface area contributed by atoms with Crippen molar-refractivity contribution >= 4 is 46.4 Å². The second kappa shape index (κ2) is 14.3. The summed E-state index contributed by atoms with van der Waals surface area (Å²) in [6.45, 7) is 6.86. The van der Waals surface area contributed by atoms with Crippen molar-refractivity contribution < 1.29 is 24.0 Å². The first kappa shape index (κ1) is 32.8. The highest BCUT2D eigenvalue weighted by Crippen LogP contribution is 2.31. The highest BCUT2D eigenvalue weighted by molar-refractivity contribution is 7.07. The van der Waals surface area contributed by atoms with Crippen LogP contribution in [0.3, 0.4) is 0 Å². The summed E-state index contributed by atoms with van der Waals surface area (Å²) in [4.78, 5) is 57.5. The van der Waals surface area contributed by atoms with Gasteiger partial charge in [0.25, 0.3) is 17.2 Å². The smallest absolute Gasteiger partial charge is 0.338 e. The first-order valence-corrected chi connectivity index (χ1v) is 15.7. The number of hydrogen-bond donors (Lipinski definition) is 1. The molecule has 0 radical (unpaired) electrons. The Hall–Kier alpha value is -5.56. The minimum Gasteiger partial charge on any atom is -0.483 e. The number of esters is 1. The number of nitrogens with one attached hydrogen (secondary N) is 1. The number of carbonyl (C=O) groups excluding carboxylic acids is 2. The van der Waals surface area contributed by atoms with Crippen LogP contribution in [-0.4, -0.2) is 48.2 Å². The number of methoxy groups -OCH3 is 1. The number of fused-ring (bicyclic) bond motifs is 1. The third-order valence-electron chi connectivity index (χ3n) is 7.65. The van der Waals surface area contributed by atoms with E-state index in [0.29, 0.717) is 26.3 Å². The highest BCUT2D eigenvalue weighted by Gasteiger charge is 2.33. The number of benzene rings is 3. The molecule has 3 aromatic carbocycles. The van der Waals surface area contributed by atoms with Gasteiger partial charge in [-0.1, -0.05) is 47.7 Å². The van der Waals surface area contributed by atoms with E-state index in [1.807, 2.05) is 62.4 Å². The zero-order valence-electron chi connectivity index (χ0n) is 26.3. The standard InChI is InChI=1S/C34H33N5O7S/c1-5-37(6-2)25-16-15-23(27(19-25)46-20-29(40)36-24-13-10-14-26(18-24)39(43)44)17-28-32(41)38-31(22-11-8-7-9-12-22)30(33(42)45-4)21(3)35-34(38)47-28/h7-19,31H,5-6,20H2,1-4H3,(H,36,40). The average Bonchev–Trinajstić information content (AvgIpc) is 3.38. The molecule has 5 rings (SSSR count). The van der Waals surface area contributed by atoms with E-state index in [4.69, 9.17) is 9.47 Å². The number of nitrogens with zero attached hydrogens (tertiary/aromatic N) is 4. The summed E-state index contributed by atoms with van der Waals surface area (Å²) in [5, 5.41) is 13.8. The van der Waals surface area contributed by atoms with Gasteiger partial charge in [0.2, 0.25) is 0 Å². The maximum atomic E-state index is 14.0. The number of non-ortho nitro benzene ring substituents is 1. The maximum absolute atomic E-state index is 14.0. The zero-order chi connectivity index (χ0) is 33.7. The van der Waals surface area contributed by atoms with Crippen LogP contribution in [-0.2, 0) is 14.3 Å². The molecule has 1 N–H and O–H groups in total. The number of aromatic nitrogens is 1. The molecule has 2 heterocycles. The van der Waals surface area contributed by atoms with Crippen LogP contribution < -0.4 is 29.8 Å². The van der Waals surface area contributed by atoms with Crippen LogP contribution in [0.5, 0.6) is 5.75 Å². The predicted molar refractivity (Wildman–Crippen MR) is 179 cm³/mol. The van der Waals surface area contributed by atoms with Gasteiger partial charge in [0.15, 0.2) is 11.4 Å². The molecule has 47 heavy (non-hydrogen) atoms. The lowest BCUT2D eigenvalue weighted by molar-refractivity contribution is -0.384. The molecule has 13 heteroatoms. The molecule has 12 nitrogen and oxygen atoms in total. The molecular formula is C34H33N5O7S. The Labute approximate surface area is 274 Å². The zero-order valence-corrected chi connectivity index (χ0v) is 27.1. The summed E-state index contributed by atoms with van der Waals surface area (Å²) in [6.07, 6.45) is 1.68. The Balaban J connectivity index is 1.54. The van der Waals surface area contributed by atoms with Gasteiger partial charge < -0.3 is 19.7 Å². The molecule has 0 saturated heterocycles. The molecule has 4 aromatic rings. The quantitative estimate of drug-likeness (QED) is 0.144. The first-order valence-electron chi connectivity index (χ1n) is 14.9. The van der Waals surface area contributed by atoms with E-state index >= 15 is 0 Å². The Bertz CT molecular complexity index is 2050. The van der Waals surface area contributed by atoms with Crippen molar-refractivity contribution in [1.29, 1.82) is 0 Å². The minimum absolute atomic E-state index is 0.150. The van der Waals surface area contributed by atoms with Crippen LogP contribution in [0, 0.1) is 10.1 Å². The molecule has 0 saturated carbocycles. The summed E-state index contributed by atoms with van der Waals surface area (Å²) in [7, 11) is 1.29. The van der Waals surface area contributed by atoms with E-state index in [9.17, 15) is 24.5 Å². The van der Waals surface area contributed by atoms with Crippen molar-refractivity contribution in [1.82, 2.24) is 4.57 Å². The largest absolute Gasteiger partial charge is 0.483 e. The molecule has 242 valence electrons. The Morgan fingerprint density at radius 2 is 1.83 bits per heavy atom. The normalized spacial score (nSPS) is 14.2. The molecule has 0 fully saturated rings.